The molecule has 0 bridgehead atoms. The molecule has 0 rings (SSSR count). The van der Waals surface area contributed by atoms with Crippen molar-refractivity contribution in [2.45, 2.75) is 19.8 Å². The van der Waals surface area contributed by atoms with Crippen molar-refractivity contribution >= 4 is 0 Å². The minimum atomic E-state index is 0.500. The molecule has 0 heterocycles. The highest BCUT2D eigenvalue weighted by molar-refractivity contribution is 4.45. The van der Waals surface area contributed by atoms with Crippen molar-refractivity contribution in [3.8, 4) is 0 Å². The molecular weight excluding hydrogens is 162 g/mol. The molecule has 13 heavy (non-hydrogen) atoms. The molecule has 0 amide bonds. The van der Waals surface area contributed by atoms with Crippen LogP contribution in [-0.2, 0) is 0 Å². The van der Waals surface area contributed by atoms with Crippen LogP contribution in [0.1, 0.15) is 19.8 Å². The number of unbranched alkanes of at least 4 members (excludes halogenated alkanes) is 1. The second-order valence-corrected chi connectivity index (χ2v) is 2.18. The molecule has 0 aromatic heterocycles. The zero-order valence-corrected chi connectivity index (χ0v) is 9.02. The lowest BCUT2D eigenvalue weighted by Crippen LogP contribution is -2.23. The van der Waals surface area contributed by atoms with Crippen LogP contribution in [0.15, 0.2) is 13.2 Å². The van der Waals surface area contributed by atoms with Crippen LogP contribution < -0.4 is 16.8 Å². The highest BCUT2D eigenvalue weighted by Gasteiger charge is 1.80. The van der Waals surface area contributed by atoms with E-state index in [0.717, 1.165) is 19.6 Å². The molecule has 0 aliphatic heterocycles. The van der Waals surface area contributed by atoms with Crippen molar-refractivity contribution in [3.05, 3.63) is 20.1 Å². The summed E-state index contributed by atoms with van der Waals surface area (Å²) in [7, 11) is 0. The zero-order valence-electron chi connectivity index (χ0n) is 9.02. The van der Waals surface area contributed by atoms with Gasteiger partial charge in [-0.15, -0.1) is 13.2 Å². The Kier molecular flexibility index (Phi) is 42.4. The number of rotatable bonds is 5. The molecule has 0 saturated heterocycles. The second kappa shape index (κ2) is 29.9. The predicted molar refractivity (Wildman–Crippen MR) is 62.5 cm³/mol. The smallest absolute Gasteiger partial charge is 0.00745 e. The number of nitrogens with one attached hydrogen (secondary N) is 1. The average Bonchev–Trinajstić information content (AvgIpc) is 2.17. The Balaban J connectivity index is -0.000000169. The van der Waals surface area contributed by atoms with Crippen LogP contribution in [0.3, 0.4) is 0 Å². The molecule has 3 heteroatoms. The van der Waals surface area contributed by atoms with E-state index in [1.165, 1.54) is 12.8 Å². The normalized spacial score (nSPS) is 7.69. The van der Waals surface area contributed by atoms with Crippen molar-refractivity contribution in [1.82, 2.24) is 5.32 Å². The Morgan fingerprint density at radius 1 is 1.15 bits per heavy atom. The molecule has 1 radical (unpaired) electrons. The van der Waals surface area contributed by atoms with E-state index < -0.39 is 0 Å². The second-order valence-electron chi connectivity index (χ2n) is 2.18. The third kappa shape index (κ3) is 50.4. The summed E-state index contributed by atoms with van der Waals surface area (Å²) in [5.41, 5.74) is 9.98. The largest absolute Gasteiger partial charge is 0.330 e. The highest BCUT2D eigenvalue weighted by Crippen LogP contribution is 1.80. The Hall–Kier alpha value is -0.380. The summed E-state index contributed by atoms with van der Waals surface area (Å²) in [6.45, 7) is 14.8. The first-order valence-electron chi connectivity index (χ1n) is 4.73. The number of nitrogens with two attached hydrogens (primary N) is 2. The number of hydrogen-bond acceptors (Lipinski definition) is 3. The number of hydrogen-bond donors (Lipinski definition) is 3. The summed E-state index contributed by atoms with van der Waals surface area (Å²) in [6.07, 6.45) is 2.53. The fraction of sp³-hybridized carbons (Fsp3) is 0.700. The van der Waals surface area contributed by atoms with Gasteiger partial charge in [0.1, 0.15) is 0 Å². The van der Waals surface area contributed by atoms with Crippen molar-refractivity contribution < 1.29 is 0 Å². The monoisotopic (exact) mass is 188 g/mol. The lowest BCUT2D eigenvalue weighted by Gasteiger charge is -1.98. The summed E-state index contributed by atoms with van der Waals surface area (Å²) >= 11 is 0. The van der Waals surface area contributed by atoms with Crippen LogP contribution in [0.2, 0.25) is 0 Å². The van der Waals surface area contributed by atoms with E-state index in [0.29, 0.717) is 6.54 Å². The van der Waals surface area contributed by atoms with Crippen LogP contribution in [0.5, 0.6) is 0 Å². The third-order valence-corrected chi connectivity index (χ3v) is 1.03. The summed E-state index contributed by atoms with van der Waals surface area (Å²) in [6, 6.07) is 0. The predicted octanol–water partition coefficient (Wildman–Crippen LogP) is 0.916. The van der Waals surface area contributed by atoms with Gasteiger partial charge in [0.2, 0.25) is 0 Å². The summed E-state index contributed by atoms with van der Waals surface area (Å²) in [5, 5.41) is 3.21. The molecule has 0 aliphatic rings. The molecule has 0 unspecified atom stereocenters. The van der Waals surface area contributed by atoms with Gasteiger partial charge in [-0.1, -0.05) is 13.3 Å². The zero-order chi connectivity index (χ0) is 10.9. The molecule has 0 fully saturated rings. The lowest BCUT2D eigenvalue weighted by molar-refractivity contribution is 0.645. The minimum Gasteiger partial charge on any atom is -0.330 e. The Morgan fingerprint density at radius 2 is 1.62 bits per heavy atom. The Labute approximate surface area is 83.6 Å². The van der Waals surface area contributed by atoms with Crippen LogP contribution in [0.25, 0.3) is 0 Å². The van der Waals surface area contributed by atoms with Gasteiger partial charge in [-0.3, -0.25) is 0 Å². The first-order chi connectivity index (χ1) is 6.33. The Morgan fingerprint density at radius 3 is 1.92 bits per heavy atom. The molecule has 5 N–H and O–H groups in total. The van der Waals surface area contributed by atoms with Gasteiger partial charge >= 0.3 is 0 Å². The molecular formula is C10H26N3. The highest BCUT2D eigenvalue weighted by atomic mass is 14.9. The maximum Gasteiger partial charge on any atom is 0.00745 e. The summed E-state index contributed by atoms with van der Waals surface area (Å²) in [5.74, 6) is 0. The van der Waals surface area contributed by atoms with Gasteiger partial charge in [0, 0.05) is 13.1 Å². The Bertz CT molecular complexity index is 52.1. The summed E-state index contributed by atoms with van der Waals surface area (Å²) in [4.78, 5) is 0. The van der Waals surface area contributed by atoms with Crippen LogP contribution in [-0.4, -0.2) is 26.2 Å². The molecule has 81 valence electrons. The van der Waals surface area contributed by atoms with E-state index >= 15 is 0 Å². The average molecular weight is 188 g/mol. The minimum absolute atomic E-state index is 0.500. The lowest BCUT2D eigenvalue weighted by atomic mass is 10.3. The van der Waals surface area contributed by atoms with Crippen molar-refractivity contribution in [2.24, 2.45) is 11.5 Å². The first kappa shape index (κ1) is 18.4. The fourth-order valence-corrected chi connectivity index (χ4v) is 0.529. The van der Waals surface area contributed by atoms with E-state index in [-0.39, 0.29) is 0 Å². The van der Waals surface area contributed by atoms with Crippen LogP contribution >= 0.6 is 0 Å². The van der Waals surface area contributed by atoms with E-state index in [1.807, 2.05) is 0 Å². The summed E-state index contributed by atoms with van der Waals surface area (Å²) < 4.78 is 0. The molecule has 0 aromatic rings. The topological polar surface area (TPSA) is 64.1 Å². The van der Waals surface area contributed by atoms with Crippen molar-refractivity contribution in [2.75, 3.05) is 26.2 Å². The maximum absolute atomic E-state index is 5.25. The van der Waals surface area contributed by atoms with Crippen molar-refractivity contribution in [1.29, 1.82) is 0 Å². The fourth-order valence-electron chi connectivity index (χ4n) is 0.529. The molecule has 0 aromatic carbocycles. The SMILES string of the molecule is C=C.CCCCNCCN.[CH2]CN. The standard InChI is InChI=1S/C6H16N2.C2H6N.C2H4/c1-2-3-5-8-6-4-7;1-2-3;1-2/h8H,2-7H2,1H3;1-3H2;1-2H2. The van der Waals surface area contributed by atoms with E-state index in [1.54, 1.807) is 0 Å². The third-order valence-electron chi connectivity index (χ3n) is 1.03. The molecule has 0 atom stereocenters. The van der Waals surface area contributed by atoms with E-state index in [9.17, 15) is 0 Å². The molecule has 3 nitrogen and oxygen atoms in total. The van der Waals surface area contributed by atoms with E-state index in [4.69, 9.17) is 11.5 Å². The van der Waals surface area contributed by atoms with Crippen LogP contribution in [0, 0.1) is 6.92 Å². The molecule has 0 aliphatic carbocycles. The molecule has 0 spiro atoms. The van der Waals surface area contributed by atoms with E-state index in [2.05, 4.69) is 32.3 Å². The van der Waals surface area contributed by atoms with Gasteiger partial charge in [0.15, 0.2) is 0 Å². The molecule has 0 saturated carbocycles. The van der Waals surface area contributed by atoms with Gasteiger partial charge in [-0.2, -0.15) is 0 Å². The van der Waals surface area contributed by atoms with Gasteiger partial charge in [0.25, 0.3) is 0 Å². The quantitative estimate of drug-likeness (QED) is 0.444. The maximum atomic E-state index is 5.25. The van der Waals surface area contributed by atoms with Gasteiger partial charge < -0.3 is 16.8 Å². The van der Waals surface area contributed by atoms with Gasteiger partial charge in [0.05, 0.1) is 0 Å². The first-order valence-corrected chi connectivity index (χ1v) is 4.73. The van der Waals surface area contributed by atoms with Crippen molar-refractivity contribution in [3.63, 3.8) is 0 Å². The van der Waals surface area contributed by atoms with Crippen LogP contribution in [0.4, 0.5) is 0 Å². The van der Waals surface area contributed by atoms with Gasteiger partial charge in [-0.25, -0.2) is 0 Å². The van der Waals surface area contributed by atoms with Gasteiger partial charge in [-0.05, 0) is 26.4 Å².